The van der Waals surface area contributed by atoms with Gasteiger partial charge in [0.15, 0.2) is 6.10 Å². The highest BCUT2D eigenvalue weighted by molar-refractivity contribution is 5.71. The van der Waals surface area contributed by atoms with Gasteiger partial charge in [0.1, 0.15) is 13.2 Å². The third-order valence-corrected chi connectivity index (χ3v) is 13.0. The Morgan fingerprint density at radius 2 is 0.565 bits per heavy atom. The van der Waals surface area contributed by atoms with Crippen LogP contribution in [0.5, 0.6) is 0 Å². The number of carbonyl (C=O) groups is 3. The van der Waals surface area contributed by atoms with E-state index in [0.717, 1.165) is 89.9 Å². The Morgan fingerprint density at radius 1 is 0.304 bits per heavy atom. The number of rotatable bonds is 54. The first-order valence-electron chi connectivity index (χ1n) is 29.8. The summed E-state index contributed by atoms with van der Waals surface area (Å²) < 4.78 is 16.9. The van der Waals surface area contributed by atoms with Gasteiger partial charge in [-0.2, -0.15) is 0 Å². The van der Waals surface area contributed by atoms with E-state index < -0.39 is 6.10 Å². The minimum absolute atomic E-state index is 0.0754. The van der Waals surface area contributed by atoms with Gasteiger partial charge in [0.05, 0.1) is 0 Å². The summed E-state index contributed by atoms with van der Waals surface area (Å²) in [6.07, 6.45) is 72.1. The fraction of sp³-hybridized carbons (Fsp3) is 0.794. The summed E-state index contributed by atoms with van der Waals surface area (Å²) in [6.45, 7) is 6.54. The smallest absolute Gasteiger partial charge is 0.306 e. The molecule has 0 fully saturated rings. The van der Waals surface area contributed by atoms with Gasteiger partial charge in [0.2, 0.25) is 0 Å². The van der Waals surface area contributed by atoms with Crippen molar-refractivity contribution in [3.8, 4) is 0 Å². The van der Waals surface area contributed by atoms with Crippen LogP contribution in [0.25, 0.3) is 0 Å². The molecule has 0 saturated carbocycles. The lowest BCUT2D eigenvalue weighted by atomic mass is 10.0. The summed E-state index contributed by atoms with van der Waals surface area (Å²) >= 11 is 0. The molecule has 0 aliphatic carbocycles. The summed E-state index contributed by atoms with van der Waals surface area (Å²) in [4.78, 5) is 38.2. The van der Waals surface area contributed by atoms with Gasteiger partial charge in [-0.05, 0) is 83.5 Å². The summed E-state index contributed by atoms with van der Waals surface area (Å²) in [5.74, 6) is -0.874. The maximum Gasteiger partial charge on any atom is 0.306 e. The first-order valence-corrected chi connectivity index (χ1v) is 29.8. The van der Waals surface area contributed by atoms with E-state index in [2.05, 4.69) is 81.5 Å². The van der Waals surface area contributed by atoms with Crippen molar-refractivity contribution in [3.63, 3.8) is 0 Å². The van der Waals surface area contributed by atoms with E-state index in [4.69, 9.17) is 14.2 Å². The zero-order chi connectivity index (χ0) is 50.0. The lowest BCUT2D eigenvalue weighted by Gasteiger charge is -2.18. The Kier molecular flexibility index (Phi) is 55.3. The molecule has 6 heteroatoms. The van der Waals surface area contributed by atoms with E-state index in [9.17, 15) is 14.4 Å². The van der Waals surface area contributed by atoms with E-state index in [0.29, 0.717) is 19.3 Å². The maximum atomic E-state index is 12.9. The molecule has 0 aromatic rings. The molecule has 1 atom stereocenters. The zero-order valence-corrected chi connectivity index (χ0v) is 45.8. The predicted octanol–water partition coefficient (Wildman–Crippen LogP) is 20.0. The van der Waals surface area contributed by atoms with E-state index in [1.165, 1.54) is 173 Å². The third-order valence-electron chi connectivity index (χ3n) is 13.0. The Bertz CT molecular complexity index is 1250. The molecule has 0 aromatic carbocycles. The lowest BCUT2D eigenvalue weighted by molar-refractivity contribution is -0.167. The van der Waals surface area contributed by atoms with Gasteiger partial charge < -0.3 is 14.2 Å². The summed E-state index contributed by atoms with van der Waals surface area (Å²) in [5, 5.41) is 0. The topological polar surface area (TPSA) is 78.9 Å². The van der Waals surface area contributed by atoms with Crippen molar-refractivity contribution in [2.75, 3.05) is 13.2 Å². The van der Waals surface area contributed by atoms with Crippen LogP contribution in [-0.2, 0) is 28.6 Å². The highest BCUT2D eigenvalue weighted by Crippen LogP contribution is 2.16. The number of hydrogen-bond acceptors (Lipinski definition) is 6. The summed E-state index contributed by atoms with van der Waals surface area (Å²) in [6, 6.07) is 0. The molecule has 69 heavy (non-hydrogen) atoms. The molecule has 0 amide bonds. The molecule has 0 bridgehead atoms. The molecule has 0 N–H and O–H groups in total. The number of allylic oxidation sites excluding steroid dienone is 10. The van der Waals surface area contributed by atoms with Crippen molar-refractivity contribution in [2.45, 2.75) is 309 Å². The molecule has 0 radical (unpaired) electrons. The molecule has 0 aliphatic rings. The minimum atomic E-state index is -0.778. The van der Waals surface area contributed by atoms with Crippen LogP contribution in [0, 0.1) is 0 Å². The Labute approximate surface area is 428 Å². The van der Waals surface area contributed by atoms with Crippen LogP contribution in [0.4, 0.5) is 0 Å². The zero-order valence-electron chi connectivity index (χ0n) is 45.8. The first-order chi connectivity index (χ1) is 34.0. The van der Waals surface area contributed by atoms with E-state index in [-0.39, 0.29) is 31.1 Å². The third kappa shape index (κ3) is 55.9. The average Bonchev–Trinajstić information content (AvgIpc) is 3.35. The minimum Gasteiger partial charge on any atom is -0.462 e. The van der Waals surface area contributed by atoms with Crippen LogP contribution >= 0.6 is 0 Å². The fourth-order valence-electron chi connectivity index (χ4n) is 8.55. The SMILES string of the molecule is CC/C=C\C/C=C\C/C=C\C/C=C\CCCCCCCCCCC(=O)OCC(COC(=O)CCCCCCCCCCCCCCC)OC(=O)CCCCCCCCC/C=C\CCCCCCCC. The molecule has 0 spiro atoms. The molecular formula is C63H112O6. The average molecular weight is 966 g/mol. The number of ether oxygens (including phenoxy) is 3. The molecule has 6 nitrogen and oxygen atoms in total. The molecule has 1 unspecified atom stereocenters. The normalized spacial score (nSPS) is 12.4. The molecule has 0 rings (SSSR count). The van der Waals surface area contributed by atoms with Gasteiger partial charge in [-0.1, -0.05) is 261 Å². The van der Waals surface area contributed by atoms with Gasteiger partial charge in [-0.25, -0.2) is 0 Å². The second-order valence-electron chi connectivity index (χ2n) is 19.9. The Balaban J connectivity index is 4.35. The highest BCUT2D eigenvalue weighted by atomic mass is 16.6. The first kappa shape index (κ1) is 66.1. The van der Waals surface area contributed by atoms with Gasteiger partial charge >= 0.3 is 17.9 Å². The van der Waals surface area contributed by atoms with Crippen molar-refractivity contribution < 1.29 is 28.6 Å². The van der Waals surface area contributed by atoms with Gasteiger partial charge in [0, 0.05) is 19.3 Å². The monoisotopic (exact) mass is 965 g/mol. The number of hydrogen-bond donors (Lipinski definition) is 0. The standard InChI is InChI=1S/C63H112O6/c1-4-7-10-13-16-19-22-25-27-29-30-31-32-34-35-38-41-44-47-50-53-56-62(65)68-59-60(58-67-61(64)55-52-49-46-43-40-37-24-21-18-15-12-9-6-3)69-63(66)57-54-51-48-45-42-39-36-33-28-26-23-20-17-14-11-8-5-2/h7,10,16,19,25-28,30-31,60H,4-6,8-9,11-15,17-18,20-24,29,32-59H2,1-3H3/b10-7-,19-16-,27-25-,28-26-,31-30-. The molecule has 0 aliphatic heterocycles. The highest BCUT2D eigenvalue weighted by Gasteiger charge is 2.19. The van der Waals surface area contributed by atoms with Crippen LogP contribution < -0.4 is 0 Å². The van der Waals surface area contributed by atoms with Crippen molar-refractivity contribution in [1.29, 1.82) is 0 Å². The molecule has 0 saturated heterocycles. The van der Waals surface area contributed by atoms with Crippen molar-refractivity contribution >= 4 is 17.9 Å². The predicted molar refractivity (Wildman–Crippen MR) is 298 cm³/mol. The van der Waals surface area contributed by atoms with Crippen LogP contribution in [0.1, 0.15) is 303 Å². The lowest BCUT2D eigenvalue weighted by Crippen LogP contribution is -2.30. The van der Waals surface area contributed by atoms with Gasteiger partial charge in [-0.15, -0.1) is 0 Å². The Morgan fingerprint density at radius 3 is 0.899 bits per heavy atom. The van der Waals surface area contributed by atoms with Crippen molar-refractivity contribution in [2.24, 2.45) is 0 Å². The fourth-order valence-corrected chi connectivity index (χ4v) is 8.55. The van der Waals surface area contributed by atoms with Crippen LogP contribution in [0.2, 0.25) is 0 Å². The van der Waals surface area contributed by atoms with Crippen LogP contribution in [0.15, 0.2) is 60.8 Å². The number of carbonyl (C=O) groups excluding carboxylic acids is 3. The molecule has 0 aromatic heterocycles. The largest absolute Gasteiger partial charge is 0.462 e. The van der Waals surface area contributed by atoms with Crippen molar-refractivity contribution in [3.05, 3.63) is 60.8 Å². The van der Waals surface area contributed by atoms with Crippen molar-refractivity contribution in [1.82, 2.24) is 0 Å². The second-order valence-corrected chi connectivity index (χ2v) is 19.9. The summed E-state index contributed by atoms with van der Waals surface area (Å²) in [7, 11) is 0. The Hall–Kier alpha value is -2.89. The van der Waals surface area contributed by atoms with E-state index in [1.807, 2.05) is 0 Å². The quantitative estimate of drug-likeness (QED) is 0.0262. The molecular weight excluding hydrogens is 853 g/mol. The van der Waals surface area contributed by atoms with Gasteiger partial charge in [0.25, 0.3) is 0 Å². The van der Waals surface area contributed by atoms with Gasteiger partial charge in [-0.3, -0.25) is 14.4 Å². The molecule has 0 heterocycles. The van der Waals surface area contributed by atoms with E-state index >= 15 is 0 Å². The number of esters is 3. The van der Waals surface area contributed by atoms with Crippen LogP contribution in [0.3, 0.4) is 0 Å². The maximum absolute atomic E-state index is 12.9. The summed E-state index contributed by atoms with van der Waals surface area (Å²) in [5.41, 5.74) is 0. The number of unbranched alkanes of at least 4 members (excludes halogenated alkanes) is 33. The second kappa shape index (κ2) is 57.7. The van der Waals surface area contributed by atoms with Crippen LogP contribution in [-0.4, -0.2) is 37.2 Å². The molecule has 400 valence electrons. The van der Waals surface area contributed by atoms with E-state index in [1.54, 1.807) is 0 Å².